The summed E-state index contributed by atoms with van der Waals surface area (Å²) >= 11 is 5.88. The van der Waals surface area contributed by atoms with Crippen LogP contribution in [0, 0.1) is 6.92 Å². The van der Waals surface area contributed by atoms with Crippen LogP contribution in [0.5, 0.6) is 0 Å². The van der Waals surface area contributed by atoms with Crippen LogP contribution in [0.4, 0.5) is 0 Å². The van der Waals surface area contributed by atoms with Crippen molar-refractivity contribution in [3.8, 4) is 0 Å². The Kier molecular flexibility index (Phi) is 5.49. The van der Waals surface area contributed by atoms with Crippen LogP contribution in [0.2, 0.25) is 5.02 Å². The second-order valence-electron chi connectivity index (χ2n) is 4.73. The zero-order chi connectivity index (χ0) is 15.9. The number of amides is 2. The third kappa shape index (κ3) is 4.30. The Balaban J connectivity index is 1.77. The highest BCUT2D eigenvalue weighted by Crippen LogP contribution is 2.12. The van der Waals surface area contributed by atoms with E-state index in [0.29, 0.717) is 29.2 Å². The lowest BCUT2D eigenvalue weighted by molar-refractivity contribution is 0.0927. The molecule has 0 aliphatic rings. The van der Waals surface area contributed by atoms with E-state index in [4.69, 9.17) is 11.6 Å². The maximum Gasteiger partial charge on any atom is 0.252 e. The van der Waals surface area contributed by atoms with Crippen LogP contribution in [0.1, 0.15) is 26.3 Å². The highest BCUT2D eigenvalue weighted by atomic mass is 35.5. The van der Waals surface area contributed by atoms with E-state index in [9.17, 15) is 9.59 Å². The zero-order valence-corrected chi connectivity index (χ0v) is 12.9. The second kappa shape index (κ2) is 7.56. The summed E-state index contributed by atoms with van der Waals surface area (Å²) in [6.07, 6.45) is 2.91. The van der Waals surface area contributed by atoms with Crippen LogP contribution in [0.25, 0.3) is 0 Å². The van der Waals surface area contributed by atoms with E-state index in [0.717, 1.165) is 5.56 Å². The van der Waals surface area contributed by atoms with Gasteiger partial charge in [-0.2, -0.15) is 0 Å². The zero-order valence-electron chi connectivity index (χ0n) is 12.1. The lowest BCUT2D eigenvalue weighted by atomic mass is 10.1. The SMILES string of the molecule is Cc1ccc(C(=O)NCCNC(=O)c2ccncc2Cl)cc1. The molecule has 5 nitrogen and oxygen atoms in total. The molecule has 0 fully saturated rings. The molecule has 0 aliphatic heterocycles. The Bertz CT molecular complexity index is 671. The standard InChI is InChI=1S/C16H16ClN3O2/c1-11-2-4-12(5-3-11)15(21)19-8-9-20-16(22)13-6-7-18-10-14(13)17/h2-7,10H,8-9H2,1H3,(H,19,21)(H,20,22). The van der Waals surface area contributed by atoms with Crippen LogP contribution < -0.4 is 10.6 Å². The minimum absolute atomic E-state index is 0.170. The summed E-state index contributed by atoms with van der Waals surface area (Å²) in [5.74, 6) is -0.465. The number of hydrogen-bond donors (Lipinski definition) is 2. The maximum atomic E-state index is 11.9. The maximum absolute atomic E-state index is 11.9. The molecular formula is C16H16ClN3O2. The quantitative estimate of drug-likeness (QED) is 0.831. The van der Waals surface area contributed by atoms with Gasteiger partial charge in [0.05, 0.1) is 10.6 Å². The first kappa shape index (κ1) is 16.0. The molecule has 1 aromatic heterocycles. The van der Waals surface area contributed by atoms with Gasteiger partial charge in [-0.3, -0.25) is 14.6 Å². The Hall–Kier alpha value is -2.40. The largest absolute Gasteiger partial charge is 0.350 e. The molecule has 22 heavy (non-hydrogen) atoms. The van der Waals surface area contributed by atoms with Gasteiger partial charge in [0.2, 0.25) is 0 Å². The molecule has 0 saturated heterocycles. The lowest BCUT2D eigenvalue weighted by Crippen LogP contribution is -2.34. The first-order valence-electron chi connectivity index (χ1n) is 6.80. The number of benzene rings is 1. The number of halogens is 1. The Labute approximate surface area is 133 Å². The van der Waals surface area contributed by atoms with Crippen LogP contribution in [0.15, 0.2) is 42.7 Å². The Morgan fingerprint density at radius 2 is 1.68 bits per heavy atom. The molecule has 2 N–H and O–H groups in total. The average Bonchev–Trinajstić information content (AvgIpc) is 2.52. The molecule has 114 valence electrons. The van der Waals surface area contributed by atoms with E-state index in [1.165, 1.54) is 12.4 Å². The summed E-state index contributed by atoms with van der Waals surface area (Å²) in [6, 6.07) is 8.83. The number of aromatic nitrogens is 1. The number of carbonyl (C=O) groups excluding carboxylic acids is 2. The Morgan fingerprint density at radius 3 is 2.32 bits per heavy atom. The van der Waals surface area contributed by atoms with Crippen molar-refractivity contribution in [2.24, 2.45) is 0 Å². The molecule has 0 radical (unpaired) electrons. The fraction of sp³-hybridized carbons (Fsp3) is 0.188. The van der Waals surface area contributed by atoms with Crippen LogP contribution in [-0.4, -0.2) is 29.9 Å². The van der Waals surface area contributed by atoms with Gasteiger partial charge in [0.25, 0.3) is 11.8 Å². The summed E-state index contributed by atoms with van der Waals surface area (Å²) in [7, 11) is 0. The van der Waals surface area contributed by atoms with Crippen molar-refractivity contribution in [3.63, 3.8) is 0 Å². The van der Waals surface area contributed by atoms with Crippen molar-refractivity contribution in [1.29, 1.82) is 0 Å². The lowest BCUT2D eigenvalue weighted by Gasteiger charge is -2.08. The van der Waals surface area contributed by atoms with Gasteiger partial charge in [-0.1, -0.05) is 29.3 Å². The molecule has 6 heteroatoms. The van der Waals surface area contributed by atoms with E-state index in [1.54, 1.807) is 18.2 Å². The topological polar surface area (TPSA) is 71.1 Å². The molecule has 2 amide bonds. The molecular weight excluding hydrogens is 302 g/mol. The minimum Gasteiger partial charge on any atom is -0.350 e. The average molecular weight is 318 g/mol. The van der Waals surface area contributed by atoms with Crippen LogP contribution in [0.3, 0.4) is 0 Å². The van der Waals surface area contributed by atoms with Gasteiger partial charge >= 0.3 is 0 Å². The van der Waals surface area contributed by atoms with Crippen molar-refractivity contribution >= 4 is 23.4 Å². The molecule has 0 spiro atoms. The van der Waals surface area contributed by atoms with E-state index in [1.807, 2.05) is 19.1 Å². The Morgan fingerprint density at radius 1 is 1.05 bits per heavy atom. The van der Waals surface area contributed by atoms with Gasteiger partial charge < -0.3 is 10.6 Å². The number of rotatable bonds is 5. The number of carbonyl (C=O) groups is 2. The van der Waals surface area contributed by atoms with Crippen LogP contribution in [-0.2, 0) is 0 Å². The number of nitrogens with one attached hydrogen (secondary N) is 2. The molecule has 2 rings (SSSR count). The monoisotopic (exact) mass is 317 g/mol. The van der Waals surface area contributed by atoms with Gasteiger partial charge in [-0.15, -0.1) is 0 Å². The van der Waals surface area contributed by atoms with Gasteiger partial charge in [0.1, 0.15) is 0 Å². The summed E-state index contributed by atoms with van der Waals surface area (Å²) in [5, 5.41) is 5.73. The van der Waals surface area contributed by atoms with Gasteiger partial charge in [-0.05, 0) is 25.1 Å². The number of pyridine rings is 1. The smallest absolute Gasteiger partial charge is 0.252 e. The van der Waals surface area contributed by atoms with Crippen molar-refractivity contribution in [1.82, 2.24) is 15.6 Å². The minimum atomic E-state index is -0.294. The first-order valence-corrected chi connectivity index (χ1v) is 7.18. The van der Waals surface area contributed by atoms with Crippen molar-refractivity contribution in [3.05, 3.63) is 64.4 Å². The van der Waals surface area contributed by atoms with Crippen molar-refractivity contribution < 1.29 is 9.59 Å². The molecule has 0 aliphatic carbocycles. The number of aryl methyl sites for hydroxylation is 1. The summed E-state index contributed by atoms with van der Waals surface area (Å²) < 4.78 is 0. The normalized spacial score (nSPS) is 10.1. The van der Waals surface area contributed by atoms with Crippen molar-refractivity contribution in [2.75, 3.05) is 13.1 Å². The van der Waals surface area contributed by atoms with Gasteiger partial charge in [-0.25, -0.2) is 0 Å². The summed E-state index contributed by atoms with van der Waals surface area (Å²) in [6.45, 7) is 2.61. The molecule has 1 heterocycles. The predicted octanol–water partition coefficient (Wildman–Crippen LogP) is 2.20. The van der Waals surface area contributed by atoms with Gasteiger partial charge in [0, 0.05) is 31.0 Å². The first-order chi connectivity index (χ1) is 10.6. The van der Waals surface area contributed by atoms with Crippen LogP contribution >= 0.6 is 11.6 Å². The highest BCUT2D eigenvalue weighted by molar-refractivity contribution is 6.33. The summed E-state index contributed by atoms with van der Waals surface area (Å²) in [4.78, 5) is 27.6. The number of nitrogens with zero attached hydrogens (tertiary/aromatic N) is 1. The molecule has 1 aromatic carbocycles. The molecule has 2 aromatic rings. The van der Waals surface area contributed by atoms with E-state index >= 15 is 0 Å². The molecule has 0 saturated carbocycles. The third-order valence-corrected chi connectivity index (χ3v) is 3.33. The second-order valence-corrected chi connectivity index (χ2v) is 5.14. The molecule has 0 unspecified atom stereocenters. The van der Waals surface area contributed by atoms with Crippen molar-refractivity contribution in [2.45, 2.75) is 6.92 Å². The molecule has 0 atom stereocenters. The highest BCUT2D eigenvalue weighted by Gasteiger charge is 2.09. The predicted molar refractivity (Wildman–Crippen MR) is 85.1 cm³/mol. The number of hydrogen-bond acceptors (Lipinski definition) is 3. The van der Waals surface area contributed by atoms with E-state index in [-0.39, 0.29) is 11.8 Å². The molecule has 0 bridgehead atoms. The fourth-order valence-electron chi connectivity index (χ4n) is 1.81. The third-order valence-electron chi connectivity index (χ3n) is 3.03. The van der Waals surface area contributed by atoms with E-state index < -0.39 is 0 Å². The van der Waals surface area contributed by atoms with E-state index in [2.05, 4.69) is 15.6 Å². The summed E-state index contributed by atoms with van der Waals surface area (Å²) in [5.41, 5.74) is 2.05. The van der Waals surface area contributed by atoms with Gasteiger partial charge in [0.15, 0.2) is 0 Å². The fourth-order valence-corrected chi connectivity index (χ4v) is 2.02.